The predicted octanol–water partition coefficient (Wildman–Crippen LogP) is 3.14. The first-order valence-electron chi connectivity index (χ1n) is 6.33. The van der Waals surface area contributed by atoms with Crippen molar-refractivity contribution < 1.29 is 13.9 Å². The fourth-order valence-corrected chi connectivity index (χ4v) is 2.45. The molecule has 1 aliphatic carbocycles. The molecule has 0 saturated heterocycles. The van der Waals surface area contributed by atoms with Crippen LogP contribution in [-0.2, 0) is 4.74 Å². The molecule has 1 aliphatic rings. The highest BCUT2D eigenvalue weighted by Crippen LogP contribution is 2.27. The van der Waals surface area contributed by atoms with Crippen LogP contribution in [0.25, 0.3) is 0 Å². The SMILES string of the molecule is CC1CCCC(OC(=O)c2c(N)cccc2F)C1. The van der Waals surface area contributed by atoms with Crippen molar-refractivity contribution in [2.24, 2.45) is 5.92 Å². The molecular formula is C14H18FNO2. The van der Waals surface area contributed by atoms with Crippen molar-refractivity contribution in [3.05, 3.63) is 29.6 Å². The first-order chi connectivity index (χ1) is 8.58. The molecule has 98 valence electrons. The minimum Gasteiger partial charge on any atom is -0.459 e. The molecule has 0 bridgehead atoms. The average Bonchev–Trinajstić information content (AvgIpc) is 2.28. The number of ether oxygens (including phenoxy) is 1. The Balaban J connectivity index is 2.07. The van der Waals surface area contributed by atoms with Crippen LogP contribution in [0.2, 0.25) is 0 Å². The van der Waals surface area contributed by atoms with E-state index in [2.05, 4.69) is 6.92 Å². The number of carbonyl (C=O) groups excluding carboxylic acids is 1. The van der Waals surface area contributed by atoms with Crippen LogP contribution in [0.1, 0.15) is 43.0 Å². The van der Waals surface area contributed by atoms with Gasteiger partial charge in [-0.2, -0.15) is 0 Å². The molecule has 0 aliphatic heterocycles. The summed E-state index contributed by atoms with van der Waals surface area (Å²) in [6, 6.07) is 4.20. The molecule has 0 heterocycles. The number of rotatable bonds is 2. The second kappa shape index (κ2) is 5.38. The number of halogens is 1. The molecule has 1 aromatic carbocycles. The maximum absolute atomic E-state index is 13.6. The molecule has 1 fully saturated rings. The Hall–Kier alpha value is -1.58. The van der Waals surface area contributed by atoms with Gasteiger partial charge < -0.3 is 10.5 Å². The smallest absolute Gasteiger partial charge is 0.343 e. The molecule has 18 heavy (non-hydrogen) atoms. The Labute approximate surface area is 106 Å². The summed E-state index contributed by atoms with van der Waals surface area (Å²) in [5.41, 5.74) is 5.60. The largest absolute Gasteiger partial charge is 0.459 e. The summed E-state index contributed by atoms with van der Waals surface area (Å²) in [6.07, 6.45) is 3.80. The van der Waals surface area contributed by atoms with Crippen LogP contribution in [0.3, 0.4) is 0 Å². The number of hydrogen-bond acceptors (Lipinski definition) is 3. The normalized spacial score (nSPS) is 23.7. The van der Waals surface area contributed by atoms with Gasteiger partial charge in [0, 0.05) is 5.69 Å². The van der Waals surface area contributed by atoms with Gasteiger partial charge in [0.05, 0.1) is 0 Å². The van der Waals surface area contributed by atoms with E-state index in [0.717, 1.165) is 25.7 Å². The van der Waals surface area contributed by atoms with Crippen molar-refractivity contribution in [2.45, 2.75) is 38.7 Å². The molecule has 2 N–H and O–H groups in total. The highest BCUT2D eigenvalue weighted by Gasteiger charge is 2.25. The lowest BCUT2D eigenvalue weighted by Gasteiger charge is -2.26. The third-order valence-electron chi connectivity index (χ3n) is 3.41. The third-order valence-corrected chi connectivity index (χ3v) is 3.41. The number of nitrogens with two attached hydrogens (primary N) is 1. The van der Waals surface area contributed by atoms with Gasteiger partial charge in [-0.15, -0.1) is 0 Å². The highest BCUT2D eigenvalue weighted by molar-refractivity contribution is 5.95. The average molecular weight is 251 g/mol. The fraction of sp³-hybridized carbons (Fsp3) is 0.500. The van der Waals surface area contributed by atoms with Crippen molar-refractivity contribution in [3.63, 3.8) is 0 Å². The van der Waals surface area contributed by atoms with Gasteiger partial charge in [0.15, 0.2) is 0 Å². The Bertz CT molecular complexity index is 427. The van der Waals surface area contributed by atoms with Crippen molar-refractivity contribution in [1.29, 1.82) is 0 Å². The number of nitrogen functional groups attached to an aromatic ring is 1. The highest BCUT2D eigenvalue weighted by atomic mass is 19.1. The van der Waals surface area contributed by atoms with Gasteiger partial charge in [-0.25, -0.2) is 9.18 Å². The summed E-state index contributed by atoms with van der Waals surface area (Å²) in [5, 5.41) is 0. The standard InChI is InChI=1S/C14H18FNO2/c1-9-4-2-5-10(8-9)18-14(17)13-11(15)6-3-7-12(13)16/h3,6-7,9-10H,2,4-5,8,16H2,1H3. The maximum Gasteiger partial charge on any atom is 0.343 e. The molecule has 4 heteroatoms. The van der Waals surface area contributed by atoms with E-state index in [1.54, 1.807) is 0 Å². The zero-order valence-electron chi connectivity index (χ0n) is 10.5. The van der Waals surface area contributed by atoms with Gasteiger partial charge in [-0.05, 0) is 37.3 Å². The van der Waals surface area contributed by atoms with Crippen LogP contribution >= 0.6 is 0 Å². The molecule has 2 rings (SSSR count). The molecular weight excluding hydrogens is 233 g/mol. The van der Waals surface area contributed by atoms with Crippen molar-refractivity contribution in [3.8, 4) is 0 Å². The number of carbonyl (C=O) groups is 1. The van der Waals surface area contributed by atoms with Gasteiger partial charge in [0.2, 0.25) is 0 Å². The number of anilines is 1. The van der Waals surface area contributed by atoms with Crippen molar-refractivity contribution in [1.82, 2.24) is 0 Å². The summed E-state index contributed by atoms with van der Waals surface area (Å²) in [4.78, 5) is 11.9. The minimum absolute atomic E-state index is 0.111. The van der Waals surface area contributed by atoms with Gasteiger partial charge in [-0.3, -0.25) is 0 Å². The molecule has 0 aromatic heterocycles. The zero-order chi connectivity index (χ0) is 13.1. The maximum atomic E-state index is 13.6. The Morgan fingerprint density at radius 1 is 1.44 bits per heavy atom. The van der Waals surface area contributed by atoms with E-state index in [4.69, 9.17) is 10.5 Å². The molecule has 1 saturated carbocycles. The van der Waals surface area contributed by atoms with E-state index >= 15 is 0 Å². The van der Waals surface area contributed by atoms with E-state index in [1.165, 1.54) is 18.2 Å². The van der Waals surface area contributed by atoms with E-state index in [9.17, 15) is 9.18 Å². The summed E-state index contributed by atoms with van der Waals surface area (Å²) in [6.45, 7) is 2.14. The second-order valence-corrected chi connectivity index (χ2v) is 5.00. The van der Waals surface area contributed by atoms with E-state index in [-0.39, 0.29) is 17.4 Å². The molecule has 2 unspecified atom stereocenters. The molecule has 3 nitrogen and oxygen atoms in total. The number of esters is 1. The lowest BCUT2D eigenvalue weighted by Crippen LogP contribution is -2.25. The summed E-state index contributed by atoms with van der Waals surface area (Å²) >= 11 is 0. The van der Waals surface area contributed by atoms with Crippen LogP contribution < -0.4 is 5.73 Å². The first-order valence-corrected chi connectivity index (χ1v) is 6.33. The molecule has 0 amide bonds. The Morgan fingerprint density at radius 2 is 2.22 bits per heavy atom. The van der Waals surface area contributed by atoms with E-state index < -0.39 is 11.8 Å². The lowest BCUT2D eigenvalue weighted by molar-refractivity contribution is 0.0152. The van der Waals surface area contributed by atoms with Gasteiger partial charge in [0.25, 0.3) is 0 Å². The van der Waals surface area contributed by atoms with Gasteiger partial charge >= 0.3 is 5.97 Å². The summed E-state index contributed by atoms with van der Waals surface area (Å²) < 4.78 is 18.9. The van der Waals surface area contributed by atoms with Gasteiger partial charge in [-0.1, -0.05) is 19.4 Å². The summed E-state index contributed by atoms with van der Waals surface area (Å²) in [7, 11) is 0. The van der Waals surface area contributed by atoms with Crippen LogP contribution in [-0.4, -0.2) is 12.1 Å². The quantitative estimate of drug-likeness (QED) is 0.649. The minimum atomic E-state index is -0.648. The zero-order valence-corrected chi connectivity index (χ0v) is 10.5. The van der Waals surface area contributed by atoms with E-state index in [0.29, 0.717) is 5.92 Å². The Morgan fingerprint density at radius 3 is 2.89 bits per heavy atom. The topological polar surface area (TPSA) is 52.3 Å². The Kier molecular flexibility index (Phi) is 3.84. The first kappa shape index (κ1) is 12.9. The molecule has 1 aromatic rings. The lowest BCUT2D eigenvalue weighted by atomic mass is 9.89. The number of benzene rings is 1. The third kappa shape index (κ3) is 2.81. The molecule has 0 spiro atoms. The van der Waals surface area contributed by atoms with Crippen LogP contribution in [0.15, 0.2) is 18.2 Å². The van der Waals surface area contributed by atoms with Gasteiger partial charge in [0.1, 0.15) is 17.5 Å². The molecule has 0 radical (unpaired) electrons. The monoisotopic (exact) mass is 251 g/mol. The van der Waals surface area contributed by atoms with Crippen molar-refractivity contribution in [2.75, 3.05) is 5.73 Å². The second-order valence-electron chi connectivity index (χ2n) is 5.00. The predicted molar refractivity (Wildman–Crippen MR) is 67.6 cm³/mol. The van der Waals surface area contributed by atoms with Crippen LogP contribution in [0, 0.1) is 11.7 Å². The van der Waals surface area contributed by atoms with Crippen LogP contribution in [0.4, 0.5) is 10.1 Å². The number of hydrogen-bond donors (Lipinski definition) is 1. The summed E-state index contributed by atoms with van der Waals surface area (Å²) in [5.74, 6) is -0.719. The van der Waals surface area contributed by atoms with Crippen LogP contribution in [0.5, 0.6) is 0 Å². The fourth-order valence-electron chi connectivity index (χ4n) is 2.45. The van der Waals surface area contributed by atoms with Crippen molar-refractivity contribution >= 4 is 11.7 Å². The molecule has 2 atom stereocenters. The van der Waals surface area contributed by atoms with E-state index in [1.807, 2.05) is 0 Å².